The van der Waals surface area contributed by atoms with E-state index in [2.05, 4.69) is 44.8 Å². The van der Waals surface area contributed by atoms with E-state index >= 15 is 0 Å². The van der Waals surface area contributed by atoms with Crippen molar-refractivity contribution < 1.29 is 4.79 Å². The topological polar surface area (TPSA) is 58.4 Å². The van der Waals surface area contributed by atoms with Crippen molar-refractivity contribution in [2.45, 2.75) is 66.5 Å². The van der Waals surface area contributed by atoms with Crippen LogP contribution in [0.15, 0.2) is 0 Å². The minimum Gasteiger partial charge on any atom is -0.352 e. The van der Waals surface area contributed by atoms with Gasteiger partial charge in [0, 0.05) is 12.6 Å². The molecular formula is C15H33N3O. The molecule has 0 aromatic carbocycles. The van der Waals surface area contributed by atoms with Crippen LogP contribution in [0, 0.1) is 5.41 Å². The van der Waals surface area contributed by atoms with E-state index in [9.17, 15) is 4.79 Å². The van der Waals surface area contributed by atoms with Gasteiger partial charge in [-0.15, -0.1) is 0 Å². The van der Waals surface area contributed by atoms with Crippen molar-refractivity contribution in [2.24, 2.45) is 11.1 Å². The lowest BCUT2D eigenvalue weighted by Crippen LogP contribution is -2.51. The Labute approximate surface area is 119 Å². The van der Waals surface area contributed by atoms with Gasteiger partial charge in [0.25, 0.3) is 0 Å². The van der Waals surface area contributed by atoms with Crippen LogP contribution < -0.4 is 11.1 Å². The molecule has 0 heterocycles. The molecule has 0 aliphatic heterocycles. The minimum atomic E-state index is -0.102. The first-order chi connectivity index (χ1) is 8.77. The van der Waals surface area contributed by atoms with Gasteiger partial charge in [0.05, 0.1) is 6.04 Å². The zero-order valence-electron chi connectivity index (χ0n) is 13.6. The van der Waals surface area contributed by atoms with Crippen LogP contribution in [0.3, 0.4) is 0 Å². The summed E-state index contributed by atoms with van der Waals surface area (Å²) >= 11 is 0. The maximum absolute atomic E-state index is 12.2. The number of carbonyl (C=O) groups is 1. The highest BCUT2D eigenvalue weighted by molar-refractivity contribution is 5.81. The van der Waals surface area contributed by atoms with Gasteiger partial charge in [-0.05, 0) is 38.8 Å². The Hall–Kier alpha value is -0.610. The summed E-state index contributed by atoms with van der Waals surface area (Å²) in [6.45, 7) is 14.9. The molecule has 4 heteroatoms. The summed E-state index contributed by atoms with van der Waals surface area (Å²) in [7, 11) is 0. The molecule has 0 spiro atoms. The number of amides is 1. The summed E-state index contributed by atoms with van der Waals surface area (Å²) in [5.74, 6) is 0.121. The molecule has 19 heavy (non-hydrogen) atoms. The van der Waals surface area contributed by atoms with E-state index in [1.165, 1.54) is 0 Å². The number of nitrogens with zero attached hydrogens (tertiary/aromatic N) is 1. The molecule has 1 amide bonds. The molecule has 0 saturated heterocycles. The number of nitrogens with two attached hydrogens (primary N) is 1. The van der Waals surface area contributed by atoms with Crippen LogP contribution in [0.1, 0.15) is 54.4 Å². The van der Waals surface area contributed by atoms with Gasteiger partial charge < -0.3 is 11.1 Å². The van der Waals surface area contributed by atoms with Crippen molar-refractivity contribution in [3.8, 4) is 0 Å². The van der Waals surface area contributed by atoms with Crippen LogP contribution >= 0.6 is 0 Å². The van der Waals surface area contributed by atoms with Gasteiger partial charge in [-0.25, -0.2) is 0 Å². The van der Waals surface area contributed by atoms with E-state index in [0.717, 1.165) is 25.9 Å². The largest absolute Gasteiger partial charge is 0.352 e. The highest BCUT2D eigenvalue weighted by atomic mass is 16.2. The van der Waals surface area contributed by atoms with Gasteiger partial charge in [-0.3, -0.25) is 9.69 Å². The fourth-order valence-corrected chi connectivity index (χ4v) is 2.17. The van der Waals surface area contributed by atoms with Crippen LogP contribution in [0.4, 0.5) is 0 Å². The normalized spacial score (nSPS) is 15.4. The number of hydrogen-bond donors (Lipinski definition) is 2. The first kappa shape index (κ1) is 18.4. The predicted molar refractivity (Wildman–Crippen MR) is 82.1 cm³/mol. The number of likely N-dealkylation sites (N-methyl/N-ethyl adjacent to an activating group) is 1. The van der Waals surface area contributed by atoms with Gasteiger partial charge >= 0.3 is 0 Å². The Kier molecular flexibility index (Phi) is 8.26. The lowest BCUT2D eigenvalue weighted by molar-refractivity contribution is -0.127. The third-order valence-corrected chi connectivity index (χ3v) is 3.63. The molecule has 0 radical (unpaired) electrons. The van der Waals surface area contributed by atoms with Crippen molar-refractivity contribution in [2.75, 3.05) is 19.6 Å². The molecule has 0 saturated carbocycles. The second-order valence-electron chi connectivity index (χ2n) is 6.31. The lowest BCUT2D eigenvalue weighted by Gasteiger charge is -2.34. The zero-order chi connectivity index (χ0) is 15.1. The summed E-state index contributed by atoms with van der Waals surface area (Å²) in [4.78, 5) is 14.4. The van der Waals surface area contributed by atoms with Crippen LogP contribution in [0.2, 0.25) is 0 Å². The molecule has 114 valence electrons. The molecule has 0 aliphatic rings. The summed E-state index contributed by atoms with van der Waals surface area (Å²) in [5.41, 5.74) is 5.82. The van der Waals surface area contributed by atoms with E-state index in [1.807, 2.05) is 6.92 Å². The van der Waals surface area contributed by atoms with Crippen LogP contribution in [0.5, 0.6) is 0 Å². The van der Waals surface area contributed by atoms with Crippen LogP contribution in [-0.2, 0) is 4.79 Å². The molecule has 0 fully saturated rings. The molecule has 0 bridgehead atoms. The number of carbonyl (C=O) groups excluding carboxylic acids is 1. The Morgan fingerprint density at radius 2 is 1.89 bits per heavy atom. The van der Waals surface area contributed by atoms with Gasteiger partial charge in [-0.2, -0.15) is 0 Å². The monoisotopic (exact) mass is 271 g/mol. The van der Waals surface area contributed by atoms with Crippen molar-refractivity contribution in [3.63, 3.8) is 0 Å². The molecule has 4 nitrogen and oxygen atoms in total. The number of rotatable bonds is 9. The summed E-state index contributed by atoms with van der Waals surface area (Å²) < 4.78 is 0. The van der Waals surface area contributed by atoms with Crippen molar-refractivity contribution in [3.05, 3.63) is 0 Å². The van der Waals surface area contributed by atoms with Crippen LogP contribution in [-0.4, -0.2) is 42.5 Å². The quantitative estimate of drug-likeness (QED) is 0.674. The van der Waals surface area contributed by atoms with Gasteiger partial charge in [-0.1, -0.05) is 34.1 Å². The average molecular weight is 271 g/mol. The van der Waals surface area contributed by atoms with E-state index in [1.54, 1.807) is 0 Å². The van der Waals surface area contributed by atoms with Gasteiger partial charge in [0.1, 0.15) is 0 Å². The Balaban J connectivity index is 4.49. The SMILES string of the molecule is CCCC(C)NC(=O)C(C)N(CC)CC(C)(C)CN. The number of nitrogens with one attached hydrogen (secondary N) is 1. The summed E-state index contributed by atoms with van der Waals surface area (Å²) in [6, 6.07) is 0.149. The van der Waals surface area contributed by atoms with Gasteiger partial charge in [0.15, 0.2) is 0 Å². The molecule has 2 atom stereocenters. The van der Waals surface area contributed by atoms with E-state index in [0.29, 0.717) is 6.54 Å². The maximum atomic E-state index is 12.2. The second-order valence-corrected chi connectivity index (χ2v) is 6.31. The lowest BCUT2D eigenvalue weighted by atomic mass is 9.92. The Bertz CT molecular complexity index is 266. The highest BCUT2D eigenvalue weighted by Gasteiger charge is 2.26. The van der Waals surface area contributed by atoms with E-state index in [4.69, 9.17) is 5.73 Å². The van der Waals surface area contributed by atoms with Crippen molar-refractivity contribution >= 4 is 5.91 Å². The number of hydrogen-bond acceptors (Lipinski definition) is 3. The minimum absolute atomic E-state index is 0.0413. The fourth-order valence-electron chi connectivity index (χ4n) is 2.17. The molecule has 0 aliphatic carbocycles. The molecular weight excluding hydrogens is 238 g/mol. The first-order valence-electron chi connectivity index (χ1n) is 7.51. The van der Waals surface area contributed by atoms with Gasteiger partial charge in [0.2, 0.25) is 5.91 Å². The maximum Gasteiger partial charge on any atom is 0.237 e. The second kappa shape index (κ2) is 8.54. The average Bonchev–Trinajstić information content (AvgIpc) is 2.35. The van der Waals surface area contributed by atoms with E-state index < -0.39 is 0 Å². The molecule has 0 aromatic heterocycles. The molecule has 0 rings (SSSR count). The predicted octanol–water partition coefficient (Wildman–Crippen LogP) is 1.99. The Morgan fingerprint density at radius 1 is 1.32 bits per heavy atom. The third kappa shape index (κ3) is 6.92. The molecule has 2 unspecified atom stereocenters. The third-order valence-electron chi connectivity index (χ3n) is 3.63. The van der Waals surface area contributed by atoms with Crippen molar-refractivity contribution in [1.29, 1.82) is 0 Å². The molecule has 3 N–H and O–H groups in total. The smallest absolute Gasteiger partial charge is 0.237 e. The standard InChI is InChI=1S/C15H33N3O/c1-7-9-12(3)17-14(19)13(4)18(8-2)11-15(5,6)10-16/h12-13H,7-11,16H2,1-6H3,(H,17,19). The molecule has 0 aromatic rings. The first-order valence-corrected chi connectivity index (χ1v) is 7.51. The zero-order valence-corrected chi connectivity index (χ0v) is 13.6. The van der Waals surface area contributed by atoms with Crippen LogP contribution in [0.25, 0.3) is 0 Å². The fraction of sp³-hybridized carbons (Fsp3) is 0.933. The summed E-state index contributed by atoms with van der Waals surface area (Å²) in [5, 5.41) is 3.09. The van der Waals surface area contributed by atoms with Crippen molar-refractivity contribution in [1.82, 2.24) is 10.2 Å². The summed E-state index contributed by atoms with van der Waals surface area (Å²) in [6.07, 6.45) is 2.12. The van der Waals surface area contributed by atoms with E-state index in [-0.39, 0.29) is 23.4 Å². The Morgan fingerprint density at radius 3 is 2.32 bits per heavy atom. The highest BCUT2D eigenvalue weighted by Crippen LogP contribution is 2.16.